The molecule has 4 aromatic rings. The fourth-order valence-corrected chi connectivity index (χ4v) is 4.09. The van der Waals surface area contributed by atoms with Gasteiger partial charge in [-0.3, -0.25) is 14.0 Å². The minimum Gasteiger partial charge on any atom is -0.345 e. The summed E-state index contributed by atoms with van der Waals surface area (Å²) < 4.78 is 1.44. The largest absolute Gasteiger partial charge is 0.345 e. The maximum absolute atomic E-state index is 13.1. The van der Waals surface area contributed by atoms with Gasteiger partial charge in [0.15, 0.2) is 4.96 Å². The van der Waals surface area contributed by atoms with Gasteiger partial charge in [-0.15, -0.1) is 11.3 Å². The molecule has 7 heteroatoms. The summed E-state index contributed by atoms with van der Waals surface area (Å²) in [6.45, 7) is 1.87. The number of hydrogen-bond acceptors (Lipinski definition) is 4. The van der Waals surface area contributed by atoms with Gasteiger partial charge in [-0.1, -0.05) is 60.1 Å². The number of fused-ring (bicyclic) bond motifs is 1. The van der Waals surface area contributed by atoms with Gasteiger partial charge in [0.25, 0.3) is 11.5 Å². The highest BCUT2D eigenvalue weighted by atomic mass is 35.5. The Morgan fingerprint density at radius 2 is 1.86 bits per heavy atom. The van der Waals surface area contributed by atoms with Crippen LogP contribution in [0.25, 0.3) is 16.2 Å². The van der Waals surface area contributed by atoms with E-state index >= 15 is 0 Å². The number of aromatic nitrogens is 2. The highest BCUT2D eigenvalue weighted by Crippen LogP contribution is 2.29. The molecule has 28 heavy (non-hydrogen) atoms. The van der Waals surface area contributed by atoms with Gasteiger partial charge in [-0.25, -0.2) is 4.98 Å². The Bertz CT molecular complexity index is 1220. The fourth-order valence-electron chi connectivity index (χ4n) is 3.00. The highest BCUT2D eigenvalue weighted by Gasteiger charge is 2.19. The second kappa shape index (κ2) is 7.58. The molecule has 5 nitrogen and oxygen atoms in total. The van der Waals surface area contributed by atoms with E-state index in [-0.39, 0.29) is 11.6 Å². The van der Waals surface area contributed by atoms with Crippen LogP contribution in [0, 0.1) is 0 Å². The molecule has 0 saturated heterocycles. The summed E-state index contributed by atoms with van der Waals surface area (Å²) in [5, 5.41) is 5.21. The van der Waals surface area contributed by atoms with Crippen LogP contribution in [0.15, 0.2) is 71.0 Å². The number of nitrogens with zero attached hydrogens (tertiary/aromatic N) is 2. The molecule has 1 amide bonds. The van der Waals surface area contributed by atoms with Crippen LogP contribution < -0.4 is 10.9 Å². The lowest BCUT2D eigenvalue weighted by Gasteiger charge is -2.14. The number of halogens is 1. The van der Waals surface area contributed by atoms with Gasteiger partial charge in [-0.2, -0.15) is 0 Å². The monoisotopic (exact) mass is 409 g/mol. The first-order valence-corrected chi connectivity index (χ1v) is 9.92. The topological polar surface area (TPSA) is 63.5 Å². The zero-order chi connectivity index (χ0) is 19.7. The molecule has 1 atom stereocenters. The molecule has 2 aromatic carbocycles. The van der Waals surface area contributed by atoms with Crippen molar-refractivity contribution in [2.75, 3.05) is 0 Å². The van der Waals surface area contributed by atoms with Crippen molar-refractivity contribution in [1.82, 2.24) is 14.7 Å². The van der Waals surface area contributed by atoms with Gasteiger partial charge in [0.1, 0.15) is 5.56 Å². The zero-order valence-corrected chi connectivity index (χ0v) is 16.5. The van der Waals surface area contributed by atoms with Crippen molar-refractivity contribution in [1.29, 1.82) is 0 Å². The zero-order valence-electron chi connectivity index (χ0n) is 14.9. The summed E-state index contributed by atoms with van der Waals surface area (Å²) in [5.41, 5.74) is 1.87. The molecule has 0 fully saturated rings. The van der Waals surface area contributed by atoms with Gasteiger partial charge in [-0.05, 0) is 18.6 Å². The van der Waals surface area contributed by atoms with Crippen molar-refractivity contribution in [3.05, 3.63) is 92.7 Å². The second-order valence-corrected chi connectivity index (χ2v) is 7.55. The number of carbonyl (C=O) groups excluding carboxylic acids is 1. The summed E-state index contributed by atoms with van der Waals surface area (Å²) >= 11 is 7.62. The lowest BCUT2D eigenvalue weighted by Crippen LogP contribution is -2.33. The van der Waals surface area contributed by atoms with Gasteiger partial charge in [0, 0.05) is 22.2 Å². The smallest absolute Gasteiger partial charge is 0.271 e. The molecule has 0 aliphatic carbocycles. The summed E-state index contributed by atoms with van der Waals surface area (Å²) in [5.74, 6) is -0.459. The van der Waals surface area contributed by atoms with Crippen LogP contribution in [0.4, 0.5) is 0 Å². The SMILES string of the molecule is C[C@H](NC(=O)c1cnc2scc(-c3ccccc3Cl)n2c1=O)c1ccccc1. The van der Waals surface area contributed by atoms with E-state index in [9.17, 15) is 9.59 Å². The first kappa shape index (κ1) is 18.4. The molecule has 1 N–H and O–H groups in total. The molecule has 0 radical (unpaired) electrons. The number of rotatable bonds is 4. The summed E-state index contributed by atoms with van der Waals surface area (Å²) in [6, 6.07) is 16.6. The van der Waals surface area contributed by atoms with E-state index in [1.165, 1.54) is 21.9 Å². The van der Waals surface area contributed by atoms with E-state index in [2.05, 4.69) is 10.3 Å². The molecular weight excluding hydrogens is 394 g/mol. The second-order valence-electron chi connectivity index (χ2n) is 6.30. The van der Waals surface area contributed by atoms with Crippen molar-refractivity contribution < 1.29 is 4.79 Å². The quantitative estimate of drug-likeness (QED) is 0.537. The van der Waals surface area contributed by atoms with Crippen LogP contribution in [-0.4, -0.2) is 15.3 Å². The van der Waals surface area contributed by atoms with Crippen LogP contribution >= 0.6 is 22.9 Å². The van der Waals surface area contributed by atoms with E-state index in [0.29, 0.717) is 15.7 Å². The van der Waals surface area contributed by atoms with Crippen molar-refractivity contribution in [3.8, 4) is 11.3 Å². The minimum atomic E-state index is -0.459. The number of hydrogen-bond donors (Lipinski definition) is 1. The fraction of sp³-hybridized carbons (Fsp3) is 0.0952. The van der Waals surface area contributed by atoms with Crippen LogP contribution in [-0.2, 0) is 0 Å². The number of carbonyl (C=O) groups is 1. The summed E-state index contributed by atoms with van der Waals surface area (Å²) in [4.78, 5) is 30.6. The molecular formula is C21H16ClN3O2S. The molecule has 2 aromatic heterocycles. The maximum atomic E-state index is 13.1. The molecule has 2 heterocycles. The normalized spacial score (nSPS) is 12.1. The van der Waals surface area contributed by atoms with Crippen molar-refractivity contribution in [2.24, 2.45) is 0 Å². The van der Waals surface area contributed by atoms with E-state index in [1.807, 2.05) is 60.8 Å². The lowest BCUT2D eigenvalue weighted by atomic mass is 10.1. The Balaban J connectivity index is 1.74. The van der Waals surface area contributed by atoms with Crippen molar-refractivity contribution in [2.45, 2.75) is 13.0 Å². The summed E-state index contributed by atoms with van der Waals surface area (Å²) in [6.07, 6.45) is 1.33. The third kappa shape index (κ3) is 3.32. The number of amides is 1. The van der Waals surface area contributed by atoms with Gasteiger partial charge < -0.3 is 5.32 Å². The van der Waals surface area contributed by atoms with Gasteiger partial charge >= 0.3 is 0 Å². The third-order valence-electron chi connectivity index (χ3n) is 4.49. The van der Waals surface area contributed by atoms with Crippen LogP contribution in [0.2, 0.25) is 5.02 Å². The van der Waals surface area contributed by atoms with E-state index in [1.54, 1.807) is 6.07 Å². The molecule has 4 rings (SSSR count). The van der Waals surface area contributed by atoms with Gasteiger partial charge in [0.05, 0.1) is 11.7 Å². The average molecular weight is 410 g/mol. The van der Waals surface area contributed by atoms with Crippen LogP contribution in [0.3, 0.4) is 0 Å². The Morgan fingerprint density at radius 3 is 2.61 bits per heavy atom. The first-order valence-electron chi connectivity index (χ1n) is 8.66. The number of nitrogens with one attached hydrogen (secondary N) is 1. The molecule has 0 unspecified atom stereocenters. The number of benzene rings is 2. The van der Waals surface area contributed by atoms with E-state index < -0.39 is 11.5 Å². The molecule has 0 aliphatic rings. The predicted molar refractivity (Wildman–Crippen MR) is 112 cm³/mol. The minimum absolute atomic E-state index is 0.00742. The van der Waals surface area contributed by atoms with Crippen LogP contribution in [0.1, 0.15) is 28.9 Å². The Kier molecular flexibility index (Phi) is 4.98. The van der Waals surface area contributed by atoms with E-state index in [4.69, 9.17) is 11.6 Å². The highest BCUT2D eigenvalue weighted by molar-refractivity contribution is 7.15. The maximum Gasteiger partial charge on any atom is 0.271 e. The Hall–Kier alpha value is -2.96. The van der Waals surface area contributed by atoms with Crippen LogP contribution in [0.5, 0.6) is 0 Å². The Labute approximate surface area is 170 Å². The van der Waals surface area contributed by atoms with Gasteiger partial charge in [0.2, 0.25) is 0 Å². The molecule has 0 aliphatic heterocycles. The third-order valence-corrected chi connectivity index (χ3v) is 5.66. The first-order chi connectivity index (χ1) is 13.6. The molecule has 0 bridgehead atoms. The molecule has 140 valence electrons. The number of thiazole rings is 1. The Morgan fingerprint density at radius 1 is 1.14 bits per heavy atom. The average Bonchev–Trinajstić information content (AvgIpc) is 3.14. The van der Waals surface area contributed by atoms with E-state index in [0.717, 1.165) is 11.1 Å². The van der Waals surface area contributed by atoms with Crippen molar-refractivity contribution in [3.63, 3.8) is 0 Å². The molecule has 0 saturated carbocycles. The lowest BCUT2D eigenvalue weighted by molar-refractivity contribution is 0.0938. The summed E-state index contributed by atoms with van der Waals surface area (Å²) in [7, 11) is 0. The predicted octanol–water partition coefficient (Wildman–Crippen LogP) is 4.57. The molecule has 0 spiro atoms. The van der Waals surface area contributed by atoms with Crippen molar-refractivity contribution >= 4 is 33.8 Å². The standard InChI is InChI=1S/C21H16ClN3O2S/c1-13(14-7-3-2-4-8-14)24-19(26)16-11-23-21-25(20(16)27)18(12-28-21)15-9-5-6-10-17(15)22/h2-13H,1H3,(H,24,26)/t13-/m0/s1.